The van der Waals surface area contributed by atoms with Crippen molar-refractivity contribution in [1.82, 2.24) is 10.2 Å². The predicted molar refractivity (Wildman–Crippen MR) is 112 cm³/mol. The number of likely N-dealkylation sites (tertiary alicyclic amines) is 1. The molecule has 1 aromatic rings. The van der Waals surface area contributed by atoms with Crippen molar-refractivity contribution in [2.75, 3.05) is 26.2 Å². The fourth-order valence-electron chi connectivity index (χ4n) is 3.78. The highest BCUT2D eigenvalue weighted by atomic mass is 16.6. The normalized spacial score (nSPS) is 20.0. The Bertz CT molecular complexity index is 758. The maximum Gasteiger partial charge on any atom is 0.410 e. The number of hydrogen-bond acceptors (Lipinski definition) is 4. The zero-order valence-electron chi connectivity index (χ0n) is 17.7. The maximum absolute atomic E-state index is 12.4. The number of para-hydroxylation sites is 1. The number of fused-ring (bicyclic) bond motifs is 1. The minimum Gasteiger partial charge on any atom is -0.483 e. The molecule has 2 aliphatic rings. The summed E-state index contributed by atoms with van der Waals surface area (Å²) in [5.74, 6) is 0.645. The number of carbonyl (C=O) groups excluding carboxylic acids is 2. The number of rotatable bonds is 0. The first kappa shape index (κ1) is 21.2. The van der Waals surface area contributed by atoms with Crippen molar-refractivity contribution in [1.29, 1.82) is 0 Å². The van der Waals surface area contributed by atoms with E-state index >= 15 is 0 Å². The zero-order valence-corrected chi connectivity index (χ0v) is 17.7. The van der Waals surface area contributed by atoms with Crippen LogP contribution in [0.2, 0.25) is 0 Å². The molecule has 0 bridgehead atoms. The van der Waals surface area contributed by atoms with Crippen molar-refractivity contribution in [3.8, 4) is 5.75 Å². The van der Waals surface area contributed by atoms with E-state index in [0.717, 1.165) is 37.0 Å². The van der Waals surface area contributed by atoms with Crippen LogP contribution in [0.4, 0.5) is 4.79 Å². The van der Waals surface area contributed by atoms with Crippen molar-refractivity contribution in [2.24, 2.45) is 5.41 Å². The van der Waals surface area contributed by atoms with Gasteiger partial charge in [0.2, 0.25) is 0 Å². The number of nitrogens with one attached hydrogen (secondary N) is 1. The van der Waals surface area contributed by atoms with Crippen LogP contribution in [0.15, 0.2) is 36.4 Å². The number of allylic oxidation sites excluding steroid dienone is 2. The second kappa shape index (κ2) is 8.89. The lowest BCUT2D eigenvalue weighted by Crippen LogP contribution is -2.49. The molecule has 0 aromatic heterocycles. The smallest absolute Gasteiger partial charge is 0.410 e. The Labute approximate surface area is 173 Å². The monoisotopic (exact) mass is 400 g/mol. The summed E-state index contributed by atoms with van der Waals surface area (Å²) in [7, 11) is 0. The second-order valence-corrected chi connectivity index (χ2v) is 9.02. The molecule has 1 N–H and O–H groups in total. The topological polar surface area (TPSA) is 67.9 Å². The highest BCUT2D eigenvalue weighted by Gasteiger charge is 2.36. The molecule has 2 aliphatic heterocycles. The van der Waals surface area contributed by atoms with E-state index < -0.39 is 5.60 Å². The average Bonchev–Trinajstić information content (AvgIpc) is 2.67. The Balaban J connectivity index is 1.67. The average molecular weight is 401 g/mol. The summed E-state index contributed by atoms with van der Waals surface area (Å²) in [5, 5.41) is 3.04. The van der Waals surface area contributed by atoms with Crippen LogP contribution in [0.1, 0.15) is 45.6 Å². The van der Waals surface area contributed by atoms with Gasteiger partial charge in [0, 0.05) is 19.6 Å². The summed E-state index contributed by atoms with van der Waals surface area (Å²) < 4.78 is 11.2. The molecule has 0 aliphatic carbocycles. The van der Waals surface area contributed by atoms with Crippen molar-refractivity contribution in [3.63, 3.8) is 0 Å². The van der Waals surface area contributed by atoms with Gasteiger partial charge in [0.1, 0.15) is 11.4 Å². The van der Waals surface area contributed by atoms with E-state index in [1.54, 1.807) is 4.90 Å². The molecule has 29 heavy (non-hydrogen) atoms. The molecule has 6 nitrogen and oxygen atoms in total. The molecule has 0 saturated carbocycles. The molecule has 0 atom stereocenters. The Morgan fingerprint density at radius 2 is 1.90 bits per heavy atom. The molecule has 3 rings (SSSR count). The van der Waals surface area contributed by atoms with E-state index in [4.69, 9.17) is 9.47 Å². The molecule has 2 amide bonds. The number of amides is 2. The standard InChI is InChI=1S/C23H32N2O4/c1-22(2,3)29-21(27)25-14-12-23(13-15-25)11-7-6-9-18-8-4-5-10-19(18)28-16-20(26)24-17-23/h4-8,10H,9,11-17H2,1-3H3,(H,24,26). The summed E-state index contributed by atoms with van der Waals surface area (Å²) in [6.07, 6.45) is 7.42. The van der Waals surface area contributed by atoms with Crippen LogP contribution >= 0.6 is 0 Å². The highest BCUT2D eigenvalue weighted by Crippen LogP contribution is 2.36. The molecule has 2 heterocycles. The third kappa shape index (κ3) is 5.99. The quantitative estimate of drug-likeness (QED) is 0.674. The molecule has 1 fully saturated rings. The number of carbonyl (C=O) groups is 2. The lowest BCUT2D eigenvalue weighted by Gasteiger charge is -2.41. The minimum absolute atomic E-state index is 0.0147. The Kier molecular flexibility index (Phi) is 6.50. The van der Waals surface area contributed by atoms with E-state index in [-0.39, 0.29) is 24.0 Å². The van der Waals surface area contributed by atoms with Crippen molar-refractivity contribution in [2.45, 2.75) is 52.1 Å². The fraction of sp³-hybridized carbons (Fsp3) is 0.565. The SMILES string of the molecule is CC(C)(C)OC(=O)N1CCC2(CC=CCc3ccccc3OCC(=O)NC2)CC1. The molecule has 6 heteroatoms. The molecule has 1 spiro atoms. The lowest BCUT2D eigenvalue weighted by atomic mass is 9.75. The van der Waals surface area contributed by atoms with Crippen LogP contribution in [0.3, 0.4) is 0 Å². The summed E-state index contributed by atoms with van der Waals surface area (Å²) in [5.41, 5.74) is 0.529. The zero-order chi connectivity index (χ0) is 20.9. The van der Waals surface area contributed by atoms with E-state index in [2.05, 4.69) is 17.5 Å². The van der Waals surface area contributed by atoms with Crippen molar-refractivity contribution >= 4 is 12.0 Å². The van der Waals surface area contributed by atoms with Gasteiger partial charge in [-0.3, -0.25) is 4.79 Å². The van der Waals surface area contributed by atoms with Crippen LogP contribution in [0.25, 0.3) is 0 Å². The van der Waals surface area contributed by atoms with Gasteiger partial charge in [-0.2, -0.15) is 0 Å². The van der Waals surface area contributed by atoms with Gasteiger partial charge in [0.25, 0.3) is 5.91 Å². The third-order valence-corrected chi connectivity index (χ3v) is 5.52. The highest BCUT2D eigenvalue weighted by molar-refractivity contribution is 5.77. The van der Waals surface area contributed by atoms with Crippen LogP contribution in [0.5, 0.6) is 5.75 Å². The molecular formula is C23H32N2O4. The van der Waals surface area contributed by atoms with Gasteiger partial charge in [0.05, 0.1) is 0 Å². The van der Waals surface area contributed by atoms with Crippen molar-refractivity contribution in [3.05, 3.63) is 42.0 Å². The van der Waals surface area contributed by atoms with Gasteiger partial charge in [0.15, 0.2) is 6.61 Å². The molecule has 0 radical (unpaired) electrons. The van der Waals surface area contributed by atoms with Crippen LogP contribution in [0, 0.1) is 5.41 Å². The second-order valence-electron chi connectivity index (χ2n) is 9.02. The molecule has 0 unspecified atom stereocenters. The van der Waals surface area contributed by atoms with E-state index in [0.29, 0.717) is 19.6 Å². The van der Waals surface area contributed by atoms with Gasteiger partial charge in [-0.15, -0.1) is 0 Å². The first-order chi connectivity index (χ1) is 13.8. The van der Waals surface area contributed by atoms with Crippen LogP contribution in [-0.2, 0) is 16.0 Å². The largest absolute Gasteiger partial charge is 0.483 e. The summed E-state index contributed by atoms with van der Waals surface area (Å²) in [4.78, 5) is 26.5. The number of piperidine rings is 1. The fourth-order valence-corrected chi connectivity index (χ4v) is 3.78. The van der Waals surface area contributed by atoms with Crippen LogP contribution in [-0.4, -0.2) is 48.7 Å². The van der Waals surface area contributed by atoms with Gasteiger partial charge >= 0.3 is 6.09 Å². The summed E-state index contributed by atoms with van der Waals surface area (Å²) in [6, 6.07) is 7.82. The van der Waals surface area contributed by atoms with E-state index in [1.165, 1.54) is 0 Å². The Morgan fingerprint density at radius 1 is 1.17 bits per heavy atom. The number of benzene rings is 1. The lowest BCUT2D eigenvalue weighted by molar-refractivity contribution is -0.123. The van der Waals surface area contributed by atoms with Crippen molar-refractivity contribution < 1.29 is 19.1 Å². The molecule has 158 valence electrons. The molecular weight excluding hydrogens is 368 g/mol. The number of ether oxygens (including phenoxy) is 2. The number of hydrogen-bond donors (Lipinski definition) is 1. The van der Waals surface area contributed by atoms with Gasteiger partial charge in [-0.05, 0) is 63.5 Å². The molecule has 1 aromatic carbocycles. The Hall–Kier alpha value is -2.50. The van der Waals surface area contributed by atoms with E-state index in [9.17, 15) is 9.59 Å². The predicted octanol–water partition coefficient (Wildman–Crippen LogP) is 3.70. The maximum atomic E-state index is 12.4. The first-order valence-corrected chi connectivity index (χ1v) is 10.4. The molecule has 1 saturated heterocycles. The van der Waals surface area contributed by atoms with Gasteiger partial charge < -0.3 is 19.7 Å². The third-order valence-electron chi connectivity index (χ3n) is 5.52. The Morgan fingerprint density at radius 3 is 2.62 bits per heavy atom. The number of nitrogens with zero attached hydrogens (tertiary/aromatic N) is 1. The summed E-state index contributed by atoms with van der Waals surface area (Å²) >= 11 is 0. The van der Waals surface area contributed by atoms with Gasteiger partial charge in [-0.1, -0.05) is 30.4 Å². The van der Waals surface area contributed by atoms with E-state index in [1.807, 2.05) is 45.0 Å². The minimum atomic E-state index is -0.494. The summed E-state index contributed by atoms with van der Waals surface area (Å²) in [6.45, 7) is 7.51. The van der Waals surface area contributed by atoms with Gasteiger partial charge in [-0.25, -0.2) is 4.79 Å². The van der Waals surface area contributed by atoms with Crippen LogP contribution < -0.4 is 10.1 Å². The first-order valence-electron chi connectivity index (χ1n) is 10.4.